The summed E-state index contributed by atoms with van der Waals surface area (Å²) in [6.07, 6.45) is 1.04. The summed E-state index contributed by atoms with van der Waals surface area (Å²) in [4.78, 5) is 16.8. The Labute approximate surface area is 169 Å². The van der Waals surface area contributed by atoms with Gasteiger partial charge in [0.05, 0.1) is 15.6 Å². The molecule has 0 fully saturated rings. The van der Waals surface area contributed by atoms with Gasteiger partial charge >= 0.3 is 0 Å². The van der Waals surface area contributed by atoms with Crippen molar-refractivity contribution in [3.05, 3.63) is 52.4 Å². The zero-order chi connectivity index (χ0) is 19.9. The van der Waals surface area contributed by atoms with Gasteiger partial charge in [-0.05, 0) is 36.4 Å². The fraction of sp³-hybridized carbons (Fsp3) is 0.111. The Morgan fingerprint density at radius 3 is 2.75 bits per heavy atom. The van der Waals surface area contributed by atoms with Crippen molar-refractivity contribution < 1.29 is 22.7 Å². The lowest BCUT2D eigenvalue weighted by molar-refractivity contribution is 0.102. The van der Waals surface area contributed by atoms with Crippen LogP contribution in [0.25, 0.3) is 11.3 Å². The first kappa shape index (κ1) is 18.7. The van der Waals surface area contributed by atoms with Crippen LogP contribution in [-0.4, -0.2) is 32.4 Å². The molecule has 4 rings (SSSR count). The fourth-order valence-electron chi connectivity index (χ4n) is 2.62. The standard InChI is InChI=1S/C18H13ClN2O5S2/c1-28(23,24)16-7-11(2-4-12(16)19)17(22)21-18-20-13(8-27-18)10-3-5-14-15(6-10)26-9-25-14/h2-8H,9H2,1H3,(H,20,21,22). The van der Waals surface area contributed by atoms with Crippen LogP contribution >= 0.6 is 22.9 Å². The largest absolute Gasteiger partial charge is 0.454 e. The van der Waals surface area contributed by atoms with E-state index in [-0.39, 0.29) is 22.3 Å². The number of thiazole rings is 1. The molecule has 0 radical (unpaired) electrons. The predicted molar refractivity (Wildman–Crippen MR) is 106 cm³/mol. The number of anilines is 1. The maximum absolute atomic E-state index is 12.5. The minimum absolute atomic E-state index is 0.0680. The molecule has 0 saturated heterocycles. The van der Waals surface area contributed by atoms with Crippen molar-refractivity contribution in [3.8, 4) is 22.8 Å². The van der Waals surface area contributed by atoms with Gasteiger partial charge in [-0.2, -0.15) is 0 Å². The number of hydrogen-bond acceptors (Lipinski definition) is 7. The Kier molecular flexibility index (Phi) is 4.74. The normalized spacial score (nSPS) is 12.8. The third kappa shape index (κ3) is 3.68. The number of fused-ring (bicyclic) bond motifs is 1. The van der Waals surface area contributed by atoms with E-state index in [1.165, 1.54) is 29.5 Å². The number of amides is 1. The van der Waals surface area contributed by atoms with Crippen LogP contribution in [0.2, 0.25) is 5.02 Å². The average molecular weight is 437 g/mol. The van der Waals surface area contributed by atoms with Crippen LogP contribution in [0.4, 0.5) is 5.13 Å². The van der Waals surface area contributed by atoms with E-state index in [4.69, 9.17) is 21.1 Å². The van der Waals surface area contributed by atoms with E-state index in [9.17, 15) is 13.2 Å². The Hall–Kier alpha value is -2.62. The Morgan fingerprint density at radius 1 is 1.18 bits per heavy atom. The van der Waals surface area contributed by atoms with E-state index < -0.39 is 15.7 Å². The number of hydrogen-bond donors (Lipinski definition) is 1. The highest BCUT2D eigenvalue weighted by molar-refractivity contribution is 7.90. The summed E-state index contributed by atoms with van der Waals surface area (Å²) in [5, 5.41) is 4.93. The van der Waals surface area contributed by atoms with Gasteiger partial charge in [-0.1, -0.05) is 11.6 Å². The average Bonchev–Trinajstić information content (AvgIpc) is 3.29. The van der Waals surface area contributed by atoms with Gasteiger partial charge in [-0.15, -0.1) is 11.3 Å². The highest BCUT2D eigenvalue weighted by Gasteiger charge is 2.18. The van der Waals surface area contributed by atoms with Crippen molar-refractivity contribution in [1.82, 2.24) is 4.98 Å². The second-order valence-corrected chi connectivity index (χ2v) is 9.23. The number of carbonyl (C=O) groups excluding carboxylic acids is 1. The van der Waals surface area contributed by atoms with Crippen LogP contribution in [0, 0.1) is 0 Å². The lowest BCUT2D eigenvalue weighted by Crippen LogP contribution is -2.12. The van der Waals surface area contributed by atoms with Gasteiger partial charge in [-0.3, -0.25) is 10.1 Å². The second kappa shape index (κ2) is 7.08. The first-order valence-corrected chi connectivity index (χ1v) is 11.1. The maximum Gasteiger partial charge on any atom is 0.257 e. The summed E-state index contributed by atoms with van der Waals surface area (Å²) in [5.74, 6) is 0.843. The molecule has 1 aliphatic rings. The van der Waals surface area contributed by atoms with E-state index in [1.54, 1.807) is 11.4 Å². The van der Waals surface area contributed by atoms with E-state index in [0.717, 1.165) is 11.8 Å². The van der Waals surface area contributed by atoms with Crippen molar-refractivity contribution in [2.24, 2.45) is 0 Å². The van der Waals surface area contributed by atoms with Crippen LogP contribution in [0.3, 0.4) is 0 Å². The van der Waals surface area contributed by atoms with Gasteiger partial charge in [-0.25, -0.2) is 13.4 Å². The molecule has 0 saturated carbocycles. The summed E-state index contributed by atoms with van der Waals surface area (Å²) in [7, 11) is -3.55. The molecule has 0 unspecified atom stereocenters. The smallest absolute Gasteiger partial charge is 0.257 e. The molecular weight excluding hydrogens is 424 g/mol. The van der Waals surface area contributed by atoms with Gasteiger partial charge in [0.1, 0.15) is 0 Å². The zero-order valence-electron chi connectivity index (χ0n) is 14.4. The monoisotopic (exact) mass is 436 g/mol. The number of sulfone groups is 1. The van der Waals surface area contributed by atoms with E-state index in [1.807, 2.05) is 12.1 Å². The summed E-state index contributed by atoms with van der Waals surface area (Å²) in [5.41, 5.74) is 1.67. The summed E-state index contributed by atoms with van der Waals surface area (Å²) in [6, 6.07) is 9.56. The van der Waals surface area contributed by atoms with Crippen molar-refractivity contribution in [3.63, 3.8) is 0 Å². The van der Waals surface area contributed by atoms with Crippen LogP contribution in [0.5, 0.6) is 11.5 Å². The Balaban J connectivity index is 1.55. The van der Waals surface area contributed by atoms with Crippen LogP contribution < -0.4 is 14.8 Å². The molecule has 1 aromatic heterocycles. The van der Waals surface area contributed by atoms with Crippen LogP contribution in [0.1, 0.15) is 10.4 Å². The molecule has 1 N–H and O–H groups in total. The highest BCUT2D eigenvalue weighted by atomic mass is 35.5. The molecule has 2 aromatic carbocycles. The molecule has 1 aliphatic heterocycles. The number of halogens is 1. The fourth-order valence-corrected chi connectivity index (χ4v) is 4.63. The topological polar surface area (TPSA) is 94.6 Å². The number of carbonyl (C=O) groups is 1. The Morgan fingerprint density at radius 2 is 1.96 bits per heavy atom. The summed E-state index contributed by atoms with van der Waals surface area (Å²) < 4.78 is 34.2. The highest BCUT2D eigenvalue weighted by Crippen LogP contribution is 2.36. The van der Waals surface area contributed by atoms with Crippen molar-refractivity contribution in [1.29, 1.82) is 0 Å². The molecule has 0 atom stereocenters. The van der Waals surface area contributed by atoms with E-state index >= 15 is 0 Å². The molecule has 10 heteroatoms. The Bertz CT molecular complexity index is 1190. The minimum Gasteiger partial charge on any atom is -0.454 e. The molecule has 2 heterocycles. The number of nitrogens with zero attached hydrogens (tertiary/aromatic N) is 1. The summed E-state index contributed by atoms with van der Waals surface area (Å²) >= 11 is 7.17. The third-order valence-corrected chi connectivity index (χ3v) is 6.32. The predicted octanol–water partition coefficient (Wildman–Crippen LogP) is 3.85. The van der Waals surface area contributed by atoms with Crippen molar-refractivity contribution in [2.45, 2.75) is 4.90 Å². The van der Waals surface area contributed by atoms with Gasteiger partial charge in [0.15, 0.2) is 26.5 Å². The molecule has 7 nitrogen and oxygen atoms in total. The van der Waals surface area contributed by atoms with Gasteiger partial charge < -0.3 is 9.47 Å². The lowest BCUT2D eigenvalue weighted by atomic mass is 10.1. The number of benzene rings is 2. The molecule has 28 heavy (non-hydrogen) atoms. The maximum atomic E-state index is 12.5. The molecule has 144 valence electrons. The van der Waals surface area contributed by atoms with Crippen LogP contribution in [-0.2, 0) is 9.84 Å². The number of rotatable bonds is 4. The molecule has 0 bridgehead atoms. The summed E-state index contributed by atoms with van der Waals surface area (Å²) in [6.45, 7) is 0.188. The minimum atomic E-state index is -3.55. The third-order valence-electron chi connectivity index (χ3n) is 3.99. The first-order valence-electron chi connectivity index (χ1n) is 7.98. The molecule has 0 spiro atoms. The molecular formula is C18H13ClN2O5S2. The number of nitrogens with one attached hydrogen (secondary N) is 1. The number of ether oxygens (including phenoxy) is 2. The van der Waals surface area contributed by atoms with Crippen LogP contribution in [0.15, 0.2) is 46.7 Å². The quantitative estimate of drug-likeness (QED) is 0.667. The van der Waals surface area contributed by atoms with Crippen molar-refractivity contribution >= 4 is 43.8 Å². The second-order valence-electron chi connectivity index (χ2n) is 5.98. The van der Waals surface area contributed by atoms with E-state index in [0.29, 0.717) is 22.3 Å². The van der Waals surface area contributed by atoms with E-state index in [2.05, 4.69) is 10.3 Å². The van der Waals surface area contributed by atoms with Gasteiger partial charge in [0, 0.05) is 22.8 Å². The first-order chi connectivity index (χ1) is 13.3. The number of aromatic nitrogens is 1. The zero-order valence-corrected chi connectivity index (χ0v) is 16.8. The lowest BCUT2D eigenvalue weighted by Gasteiger charge is -2.06. The molecule has 0 aliphatic carbocycles. The van der Waals surface area contributed by atoms with Crippen molar-refractivity contribution in [2.75, 3.05) is 18.4 Å². The van der Waals surface area contributed by atoms with Gasteiger partial charge in [0.25, 0.3) is 5.91 Å². The SMILES string of the molecule is CS(=O)(=O)c1cc(C(=O)Nc2nc(-c3ccc4c(c3)OCO4)cs2)ccc1Cl. The molecule has 1 amide bonds. The van der Waals surface area contributed by atoms with Gasteiger partial charge in [0.2, 0.25) is 6.79 Å². The molecule has 3 aromatic rings.